The van der Waals surface area contributed by atoms with Gasteiger partial charge >= 0.3 is 0 Å². The topological polar surface area (TPSA) is 79.6 Å². The number of benzene rings is 1. The van der Waals surface area contributed by atoms with Crippen molar-refractivity contribution < 1.29 is 14.3 Å². The monoisotopic (exact) mass is 565 g/mol. The Bertz CT molecular complexity index is 1480. The van der Waals surface area contributed by atoms with Gasteiger partial charge < -0.3 is 19.3 Å². The molecule has 2 aromatic heterocycles. The summed E-state index contributed by atoms with van der Waals surface area (Å²) in [6.07, 6.45) is 4.13. The van der Waals surface area contributed by atoms with Crippen LogP contribution in [-0.4, -0.2) is 78.1 Å². The third kappa shape index (κ3) is 5.66. The van der Waals surface area contributed by atoms with Gasteiger partial charge in [0.25, 0.3) is 11.5 Å². The summed E-state index contributed by atoms with van der Waals surface area (Å²) in [7, 11) is 3.29. The molecule has 0 radical (unpaired) electrons. The number of carbonyl (C=O) groups excluding carboxylic acids is 1. The van der Waals surface area contributed by atoms with Gasteiger partial charge in [0.2, 0.25) is 0 Å². The van der Waals surface area contributed by atoms with Crippen LogP contribution in [0.1, 0.15) is 17.5 Å². The van der Waals surface area contributed by atoms with E-state index in [-0.39, 0.29) is 11.5 Å². The van der Waals surface area contributed by atoms with Crippen LogP contribution < -0.4 is 20.1 Å². The second-order valence-electron chi connectivity index (χ2n) is 9.44. The van der Waals surface area contributed by atoms with Crippen molar-refractivity contribution >= 4 is 57.4 Å². The van der Waals surface area contributed by atoms with Gasteiger partial charge in [-0.25, -0.2) is 4.98 Å². The Labute approximate surface area is 237 Å². The SMILES string of the molecule is COCCCN1C(=O)C(=Cc2c(N3CCN(c4ccc(OC)cc4)CC3)nc3ccc(C)cn3c2=O)SC1=S. The molecule has 5 rings (SSSR count). The van der Waals surface area contributed by atoms with Crippen molar-refractivity contribution in [1.82, 2.24) is 14.3 Å². The normalized spacial score (nSPS) is 17.1. The third-order valence-corrected chi connectivity index (χ3v) is 8.26. The number of hydrogen-bond acceptors (Lipinski definition) is 9. The summed E-state index contributed by atoms with van der Waals surface area (Å²) in [4.78, 5) is 38.4. The number of methoxy groups -OCH3 is 2. The fourth-order valence-electron chi connectivity index (χ4n) is 4.77. The molecule has 0 saturated carbocycles. The van der Waals surface area contributed by atoms with Crippen LogP contribution in [0, 0.1) is 6.92 Å². The van der Waals surface area contributed by atoms with E-state index in [1.807, 2.05) is 31.2 Å². The number of thiocarbonyl (C=S) groups is 1. The molecule has 0 unspecified atom stereocenters. The molecule has 204 valence electrons. The molecule has 0 aliphatic carbocycles. The second-order valence-corrected chi connectivity index (χ2v) is 11.1. The highest BCUT2D eigenvalue weighted by Gasteiger charge is 2.33. The zero-order valence-corrected chi connectivity index (χ0v) is 23.9. The zero-order valence-electron chi connectivity index (χ0n) is 22.3. The number of piperazine rings is 1. The van der Waals surface area contributed by atoms with Gasteiger partial charge in [0.05, 0.1) is 17.6 Å². The Balaban J connectivity index is 1.47. The quantitative estimate of drug-likeness (QED) is 0.231. The van der Waals surface area contributed by atoms with Crippen molar-refractivity contribution in [2.45, 2.75) is 13.3 Å². The van der Waals surface area contributed by atoms with Crippen molar-refractivity contribution in [2.24, 2.45) is 0 Å². The molecule has 0 bridgehead atoms. The maximum atomic E-state index is 13.8. The summed E-state index contributed by atoms with van der Waals surface area (Å²) in [5.41, 5.74) is 2.83. The molecule has 1 aromatic carbocycles. The summed E-state index contributed by atoms with van der Waals surface area (Å²) in [5, 5.41) is 0. The molecule has 11 heteroatoms. The molecule has 39 heavy (non-hydrogen) atoms. The lowest BCUT2D eigenvalue weighted by Crippen LogP contribution is -2.47. The number of carbonyl (C=O) groups is 1. The maximum Gasteiger partial charge on any atom is 0.267 e. The zero-order chi connectivity index (χ0) is 27.5. The Morgan fingerprint density at radius 1 is 1.03 bits per heavy atom. The first kappa shape index (κ1) is 27.2. The largest absolute Gasteiger partial charge is 0.497 e. The minimum absolute atomic E-state index is 0.190. The number of amides is 1. The number of aryl methyl sites for hydroxylation is 1. The summed E-state index contributed by atoms with van der Waals surface area (Å²) < 4.78 is 12.4. The van der Waals surface area contributed by atoms with Gasteiger partial charge in [-0.15, -0.1) is 0 Å². The number of fused-ring (bicyclic) bond motifs is 1. The van der Waals surface area contributed by atoms with Crippen LogP contribution in [0.3, 0.4) is 0 Å². The van der Waals surface area contributed by atoms with E-state index in [0.29, 0.717) is 58.9 Å². The van der Waals surface area contributed by atoms with E-state index in [0.717, 1.165) is 30.1 Å². The van der Waals surface area contributed by atoms with Crippen LogP contribution in [0.5, 0.6) is 5.75 Å². The minimum Gasteiger partial charge on any atom is -0.497 e. The number of ether oxygens (including phenoxy) is 2. The van der Waals surface area contributed by atoms with Gasteiger partial charge in [-0.3, -0.25) is 18.9 Å². The molecule has 9 nitrogen and oxygen atoms in total. The predicted octanol–water partition coefficient (Wildman–Crippen LogP) is 3.58. The Hall–Kier alpha value is -3.41. The van der Waals surface area contributed by atoms with Gasteiger partial charge in [-0.1, -0.05) is 30.0 Å². The number of aromatic nitrogens is 2. The number of hydrogen-bond donors (Lipinski definition) is 0. The molecule has 0 spiro atoms. The number of thioether (sulfide) groups is 1. The maximum absolute atomic E-state index is 13.8. The highest BCUT2D eigenvalue weighted by Crippen LogP contribution is 2.34. The summed E-state index contributed by atoms with van der Waals surface area (Å²) in [5.74, 6) is 1.22. The van der Waals surface area contributed by atoms with E-state index in [1.54, 1.807) is 35.8 Å². The Kier molecular flexibility index (Phi) is 8.20. The highest BCUT2D eigenvalue weighted by molar-refractivity contribution is 8.26. The number of nitrogens with zero attached hydrogens (tertiary/aromatic N) is 5. The lowest BCUT2D eigenvalue weighted by molar-refractivity contribution is -0.122. The number of pyridine rings is 1. The van der Waals surface area contributed by atoms with Crippen molar-refractivity contribution in [2.75, 3.05) is 63.4 Å². The average molecular weight is 566 g/mol. The number of rotatable bonds is 8. The van der Waals surface area contributed by atoms with Crippen molar-refractivity contribution in [3.8, 4) is 5.75 Å². The lowest BCUT2D eigenvalue weighted by Gasteiger charge is -2.37. The van der Waals surface area contributed by atoms with Crippen molar-refractivity contribution in [3.63, 3.8) is 0 Å². The fourth-order valence-corrected chi connectivity index (χ4v) is 6.07. The fraction of sp³-hybridized carbons (Fsp3) is 0.357. The first-order chi connectivity index (χ1) is 18.9. The van der Waals surface area contributed by atoms with Crippen LogP contribution in [0.25, 0.3) is 11.7 Å². The Morgan fingerprint density at radius 3 is 2.44 bits per heavy atom. The van der Waals surface area contributed by atoms with Crippen LogP contribution in [-0.2, 0) is 9.53 Å². The Morgan fingerprint density at radius 2 is 1.74 bits per heavy atom. The van der Waals surface area contributed by atoms with E-state index in [2.05, 4.69) is 21.9 Å². The van der Waals surface area contributed by atoms with E-state index < -0.39 is 0 Å². The summed E-state index contributed by atoms with van der Waals surface area (Å²) in [6, 6.07) is 11.8. The molecule has 2 saturated heterocycles. The van der Waals surface area contributed by atoms with Crippen molar-refractivity contribution in [1.29, 1.82) is 0 Å². The first-order valence-electron chi connectivity index (χ1n) is 12.8. The van der Waals surface area contributed by atoms with Gasteiger partial charge in [0.15, 0.2) is 0 Å². The van der Waals surface area contributed by atoms with Crippen molar-refractivity contribution in [3.05, 3.63) is 69.0 Å². The van der Waals surface area contributed by atoms with E-state index in [4.69, 9.17) is 26.7 Å². The predicted molar refractivity (Wildman–Crippen MR) is 160 cm³/mol. The molecule has 0 N–H and O–H groups in total. The molecule has 4 heterocycles. The average Bonchev–Trinajstić information content (AvgIpc) is 3.22. The molecule has 1 amide bonds. The smallest absolute Gasteiger partial charge is 0.267 e. The standard InChI is InChI=1S/C28H31N5O4S2/c1-19-5-10-24-29-25(31-14-12-30(13-15-31)20-6-8-21(37-3)9-7-20)22(26(34)33(24)18-19)17-23-27(35)32(28(38)39-23)11-4-16-36-2/h5-10,17-18H,4,11-16H2,1-3H3. The molecule has 2 fully saturated rings. The molecule has 3 aromatic rings. The van der Waals surface area contributed by atoms with E-state index in [1.165, 1.54) is 11.8 Å². The summed E-state index contributed by atoms with van der Waals surface area (Å²) in [6.45, 7) is 5.84. The molecule has 0 atom stereocenters. The molecule has 2 aliphatic rings. The molecular weight excluding hydrogens is 534 g/mol. The van der Waals surface area contributed by atoms with Crippen LogP contribution >= 0.6 is 24.0 Å². The highest BCUT2D eigenvalue weighted by atomic mass is 32.2. The molecular formula is C28H31N5O4S2. The van der Waals surface area contributed by atoms with Crippen LogP contribution in [0.2, 0.25) is 0 Å². The van der Waals surface area contributed by atoms with Gasteiger partial charge in [-0.05, 0) is 55.3 Å². The van der Waals surface area contributed by atoms with E-state index in [9.17, 15) is 9.59 Å². The summed E-state index contributed by atoms with van der Waals surface area (Å²) >= 11 is 6.71. The molecule has 2 aliphatic heterocycles. The van der Waals surface area contributed by atoms with Gasteiger partial charge in [0, 0.05) is 58.3 Å². The number of anilines is 2. The van der Waals surface area contributed by atoms with Crippen LogP contribution in [0.15, 0.2) is 52.3 Å². The van der Waals surface area contributed by atoms with E-state index >= 15 is 0 Å². The first-order valence-corrected chi connectivity index (χ1v) is 14.0. The lowest BCUT2D eigenvalue weighted by atomic mass is 10.2. The van der Waals surface area contributed by atoms with Crippen LogP contribution in [0.4, 0.5) is 11.5 Å². The second kappa shape index (κ2) is 11.8. The van der Waals surface area contributed by atoms with Gasteiger partial charge in [-0.2, -0.15) is 0 Å². The minimum atomic E-state index is -0.207. The third-order valence-electron chi connectivity index (χ3n) is 6.88. The van der Waals surface area contributed by atoms with Gasteiger partial charge in [0.1, 0.15) is 21.5 Å².